The van der Waals surface area contributed by atoms with Gasteiger partial charge in [-0.2, -0.15) is 4.39 Å². The lowest BCUT2D eigenvalue weighted by Crippen LogP contribution is -2.43. The fourth-order valence-electron chi connectivity index (χ4n) is 3.08. The third-order valence-electron chi connectivity index (χ3n) is 4.15. The van der Waals surface area contributed by atoms with Crippen molar-refractivity contribution >= 4 is 8.07 Å². The van der Waals surface area contributed by atoms with Crippen LogP contribution in [-0.2, 0) is 0 Å². The number of unbranched alkanes of at least 4 members (excludes halogenated alkanes) is 2. The highest BCUT2D eigenvalue weighted by Gasteiger charge is 2.41. The molecule has 0 nitrogen and oxygen atoms in total. The van der Waals surface area contributed by atoms with Gasteiger partial charge in [-0.25, -0.2) is 0 Å². The van der Waals surface area contributed by atoms with E-state index in [1.807, 2.05) is 0 Å². The summed E-state index contributed by atoms with van der Waals surface area (Å²) in [7, 11) is -1.78. The zero-order valence-corrected chi connectivity index (χ0v) is 14.8. The molecule has 0 aromatic rings. The van der Waals surface area contributed by atoms with E-state index in [1.165, 1.54) is 0 Å². The third kappa shape index (κ3) is 5.14. The van der Waals surface area contributed by atoms with E-state index in [9.17, 15) is 4.39 Å². The van der Waals surface area contributed by atoms with Crippen LogP contribution in [0.5, 0.6) is 0 Å². The van der Waals surface area contributed by atoms with Crippen LogP contribution in [0.3, 0.4) is 0 Å². The molecule has 110 valence electrons. The summed E-state index contributed by atoms with van der Waals surface area (Å²) >= 11 is 0. The summed E-state index contributed by atoms with van der Waals surface area (Å²) in [6.07, 6.45) is 4.59. The molecule has 0 spiro atoms. The molecule has 0 fully saturated rings. The second kappa shape index (κ2) is 8.58. The molecule has 0 aliphatic heterocycles. The quantitative estimate of drug-likeness (QED) is 0.307. The molecule has 0 atom stereocenters. The Labute approximate surface area is 120 Å². The van der Waals surface area contributed by atoms with Crippen molar-refractivity contribution in [3.63, 3.8) is 0 Å². The first-order valence-electron chi connectivity index (χ1n) is 7.67. The monoisotopic (exact) mass is 282 g/mol. The molecule has 0 saturated carbocycles. The molecular weight excluding hydrogens is 251 g/mol. The lowest BCUT2D eigenvalue weighted by atomic mass is 10.2. The van der Waals surface area contributed by atoms with Gasteiger partial charge in [-0.05, 0) is 41.5 Å². The summed E-state index contributed by atoms with van der Waals surface area (Å²) in [5, 5.41) is 0. The minimum Gasteiger partial charge on any atom is -0.197 e. The van der Waals surface area contributed by atoms with Crippen molar-refractivity contribution in [2.75, 3.05) is 0 Å². The van der Waals surface area contributed by atoms with Crippen LogP contribution in [0.15, 0.2) is 11.9 Å². The molecule has 0 amide bonds. The van der Waals surface area contributed by atoms with Crippen LogP contribution in [0.2, 0.25) is 16.6 Å². The van der Waals surface area contributed by atoms with Crippen LogP contribution in [0.25, 0.3) is 0 Å². The van der Waals surface area contributed by atoms with Crippen LogP contribution in [0.4, 0.5) is 4.39 Å². The number of rotatable bonds is 6. The topological polar surface area (TPSA) is 0 Å². The maximum atomic E-state index is 13.8. The zero-order valence-electron chi connectivity index (χ0n) is 13.8. The van der Waals surface area contributed by atoms with Gasteiger partial charge in [-0.15, -0.1) is 5.54 Å². The molecule has 0 aliphatic rings. The van der Waals surface area contributed by atoms with Gasteiger partial charge in [0.25, 0.3) is 0 Å². The molecule has 0 aliphatic carbocycles. The largest absolute Gasteiger partial charge is 0.197 e. The number of halogens is 1. The van der Waals surface area contributed by atoms with Crippen LogP contribution < -0.4 is 0 Å². The van der Waals surface area contributed by atoms with Crippen LogP contribution >= 0.6 is 0 Å². The van der Waals surface area contributed by atoms with Crippen molar-refractivity contribution in [3.05, 3.63) is 11.9 Å². The first kappa shape index (κ1) is 18.4. The van der Waals surface area contributed by atoms with Crippen LogP contribution in [0.1, 0.15) is 67.7 Å². The van der Waals surface area contributed by atoms with Crippen molar-refractivity contribution in [1.82, 2.24) is 0 Å². The van der Waals surface area contributed by atoms with E-state index in [1.54, 1.807) is 6.08 Å². The molecular formula is C17H31FSi. The SMILES string of the molecule is CCCC/C=C(\F)C#C[Si](C(C)C)(C(C)C)C(C)C. The highest BCUT2D eigenvalue weighted by atomic mass is 28.3. The van der Waals surface area contributed by atoms with Gasteiger partial charge in [0.05, 0.1) is 0 Å². The van der Waals surface area contributed by atoms with E-state index in [0.29, 0.717) is 16.6 Å². The molecule has 0 aromatic heterocycles. The van der Waals surface area contributed by atoms with Crippen molar-refractivity contribution in [2.24, 2.45) is 0 Å². The summed E-state index contributed by atoms with van der Waals surface area (Å²) in [4.78, 5) is 0. The lowest BCUT2D eigenvalue weighted by molar-refractivity contribution is 0.663. The molecule has 0 unspecified atom stereocenters. The molecule has 0 bridgehead atoms. The van der Waals surface area contributed by atoms with Gasteiger partial charge in [-0.1, -0.05) is 54.9 Å². The van der Waals surface area contributed by atoms with Gasteiger partial charge in [0, 0.05) is 0 Å². The molecule has 0 N–H and O–H groups in total. The van der Waals surface area contributed by atoms with E-state index in [0.717, 1.165) is 19.3 Å². The molecule has 0 aromatic carbocycles. The Morgan fingerprint density at radius 3 is 1.89 bits per heavy atom. The van der Waals surface area contributed by atoms with Gasteiger partial charge in [0.15, 0.2) is 5.83 Å². The molecule has 0 saturated heterocycles. The molecule has 19 heavy (non-hydrogen) atoms. The number of hydrogen-bond donors (Lipinski definition) is 0. The summed E-state index contributed by atoms with van der Waals surface area (Å²) < 4.78 is 13.8. The predicted molar refractivity (Wildman–Crippen MR) is 87.5 cm³/mol. The smallest absolute Gasteiger partial charge is 0.168 e. The van der Waals surface area contributed by atoms with E-state index < -0.39 is 8.07 Å². The van der Waals surface area contributed by atoms with Gasteiger partial charge >= 0.3 is 0 Å². The van der Waals surface area contributed by atoms with Crippen molar-refractivity contribution < 1.29 is 4.39 Å². The Kier molecular flexibility index (Phi) is 8.33. The molecule has 2 heteroatoms. The van der Waals surface area contributed by atoms with Crippen LogP contribution in [-0.4, -0.2) is 8.07 Å². The molecule has 0 heterocycles. The highest BCUT2D eigenvalue weighted by molar-refractivity contribution is 6.90. The summed E-state index contributed by atoms with van der Waals surface area (Å²) in [5.41, 5.74) is 5.08. The fourth-order valence-corrected chi connectivity index (χ4v) is 8.29. The minimum atomic E-state index is -1.78. The van der Waals surface area contributed by atoms with E-state index in [2.05, 4.69) is 59.9 Å². The number of allylic oxidation sites excluding steroid dienone is 2. The second-order valence-electron chi connectivity index (χ2n) is 6.34. The average Bonchev–Trinajstić information content (AvgIpc) is 2.28. The van der Waals surface area contributed by atoms with Crippen molar-refractivity contribution in [1.29, 1.82) is 0 Å². The summed E-state index contributed by atoms with van der Waals surface area (Å²) in [5.74, 6) is 2.60. The van der Waals surface area contributed by atoms with Gasteiger partial charge < -0.3 is 0 Å². The standard InChI is InChI=1S/C17H31FSi/c1-8-9-10-11-17(18)12-13-19(14(2)3,15(4)5)16(6)7/h11,14-16H,8-10H2,1-7H3/b17-11-. The van der Waals surface area contributed by atoms with E-state index in [4.69, 9.17) is 0 Å². The molecule has 0 rings (SSSR count). The third-order valence-corrected chi connectivity index (χ3v) is 10.4. The van der Waals surface area contributed by atoms with Crippen molar-refractivity contribution in [2.45, 2.75) is 84.4 Å². The van der Waals surface area contributed by atoms with Gasteiger partial charge in [0.2, 0.25) is 0 Å². The average molecular weight is 283 g/mol. The van der Waals surface area contributed by atoms with Crippen molar-refractivity contribution in [3.8, 4) is 11.5 Å². The Morgan fingerprint density at radius 2 is 1.53 bits per heavy atom. The maximum Gasteiger partial charge on any atom is 0.168 e. The van der Waals surface area contributed by atoms with Gasteiger partial charge in [0.1, 0.15) is 8.07 Å². The summed E-state index contributed by atoms with van der Waals surface area (Å²) in [6.45, 7) is 15.6. The zero-order chi connectivity index (χ0) is 15.1. The first-order chi connectivity index (χ1) is 8.78. The predicted octanol–water partition coefficient (Wildman–Crippen LogP) is 6.25. The normalized spacial score (nSPS) is 13.1. The second-order valence-corrected chi connectivity index (χ2v) is 11.9. The maximum absolute atomic E-state index is 13.8. The number of hydrogen-bond acceptors (Lipinski definition) is 0. The van der Waals surface area contributed by atoms with Crippen LogP contribution in [0, 0.1) is 11.5 Å². The van der Waals surface area contributed by atoms with E-state index >= 15 is 0 Å². The fraction of sp³-hybridized carbons (Fsp3) is 0.765. The van der Waals surface area contributed by atoms with E-state index in [-0.39, 0.29) is 5.83 Å². The Bertz CT molecular complexity index is 320. The lowest BCUT2D eigenvalue weighted by Gasteiger charge is -2.37. The first-order valence-corrected chi connectivity index (χ1v) is 9.91. The Balaban J connectivity index is 5.19. The molecule has 0 radical (unpaired) electrons. The highest BCUT2D eigenvalue weighted by Crippen LogP contribution is 2.40. The Morgan fingerprint density at radius 1 is 1.05 bits per heavy atom. The Hall–Kier alpha value is -0.553. The van der Waals surface area contributed by atoms with Gasteiger partial charge in [-0.3, -0.25) is 0 Å². The minimum absolute atomic E-state index is 0.229. The summed E-state index contributed by atoms with van der Waals surface area (Å²) in [6, 6.07) is 0.